The molecule has 2 aromatic carbocycles. The van der Waals surface area contributed by atoms with E-state index in [2.05, 4.69) is 0 Å². The molecule has 1 aromatic heterocycles. The normalized spacial score (nSPS) is 30.4. The van der Waals surface area contributed by atoms with E-state index in [4.69, 9.17) is 23.4 Å². The molecule has 2 aliphatic rings. The Labute approximate surface area is 241 Å². The van der Waals surface area contributed by atoms with Crippen molar-refractivity contribution >= 4 is 11.0 Å². The lowest BCUT2D eigenvalue weighted by molar-refractivity contribution is -0.146. The minimum Gasteiger partial charge on any atom is -0.508 e. The van der Waals surface area contributed by atoms with Crippen LogP contribution in [0.1, 0.15) is 0 Å². The van der Waals surface area contributed by atoms with Crippen molar-refractivity contribution in [1.29, 1.82) is 0 Å². The van der Waals surface area contributed by atoms with Gasteiger partial charge in [-0.1, -0.05) is 0 Å². The second-order valence-electron chi connectivity index (χ2n) is 10.1. The number of hydrogen-bond acceptors (Lipinski definition) is 16. The van der Waals surface area contributed by atoms with Crippen molar-refractivity contribution in [2.45, 2.75) is 61.4 Å². The molecular formula is C27H30O16. The molecule has 16 nitrogen and oxygen atoms in total. The van der Waals surface area contributed by atoms with Crippen LogP contribution >= 0.6 is 0 Å². The largest absolute Gasteiger partial charge is 0.508 e. The van der Waals surface area contributed by atoms with E-state index in [9.17, 15) is 55.9 Å². The van der Waals surface area contributed by atoms with Crippen molar-refractivity contribution in [1.82, 2.24) is 0 Å². The molecule has 43 heavy (non-hydrogen) atoms. The fourth-order valence-corrected chi connectivity index (χ4v) is 4.86. The molecule has 2 aliphatic heterocycles. The molecule has 10 atom stereocenters. The Hall–Kier alpha value is -3.55. The summed E-state index contributed by atoms with van der Waals surface area (Å²) in [5, 5.41) is 100. The summed E-state index contributed by atoms with van der Waals surface area (Å²) >= 11 is 0. The van der Waals surface area contributed by atoms with Crippen molar-refractivity contribution in [3.63, 3.8) is 0 Å². The Balaban J connectivity index is 1.63. The van der Waals surface area contributed by atoms with E-state index in [1.807, 2.05) is 0 Å². The molecule has 10 unspecified atom stereocenters. The van der Waals surface area contributed by atoms with Gasteiger partial charge in [-0.25, -0.2) is 0 Å². The van der Waals surface area contributed by atoms with Gasteiger partial charge in [0, 0.05) is 17.7 Å². The molecule has 0 saturated carbocycles. The lowest BCUT2D eigenvalue weighted by Crippen LogP contribution is -2.40. The third-order valence-electron chi connectivity index (χ3n) is 7.18. The molecule has 16 heteroatoms. The number of phenolic OH excluding ortho intramolecular Hbond substituents is 2. The van der Waals surface area contributed by atoms with E-state index < -0.39 is 108 Å². The SMILES string of the molecule is O=c1cc(-c2ccc(O)cc2)oc2c(OC3OC(C(O)CO)C(O)C3O)c(OC3OC(C(O)CO)C(O)C3O)cc(O)c12. The van der Waals surface area contributed by atoms with Gasteiger partial charge >= 0.3 is 0 Å². The quantitative estimate of drug-likeness (QED) is 0.117. The molecule has 2 saturated heterocycles. The van der Waals surface area contributed by atoms with Crippen LogP contribution in [0.4, 0.5) is 0 Å². The molecule has 3 aromatic rings. The summed E-state index contributed by atoms with van der Waals surface area (Å²) in [6.45, 7) is -1.65. The molecule has 0 aliphatic carbocycles. The van der Waals surface area contributed by atoms with Crippen molar-refractivity contribution in [2.75, 3.05) is 13.2 Å². The molecule has 3 heterocycles. The third kappa shape index (κ3) is 5.73. The molecule has 0 amide bonds. The first kappa shape index (κ1) is 30.9. The zero-order chi connectivity index (χ0) is 31.2. The van der Waals surface area contributed by atoms with Crippen LogP contribution in [0.25, 0.3) is 22.3 Å². The second-order valence-corrected chi connectivity index (χ2v) is 10.1. The van der Waals surface area contributed by atoms with Crippen LogP contribution in [0.15, 0.2) is 45.6 Å². The highest BCUT2D eigenvalue weighted by atomic mass is 16.7. The van der Waals surface area contributed by atoms with E-state index in [1.165, 1.54) is 24.3 Å². The molecule has 0 spiro atoms. The van der Waals surface area contributed by atoms with E-state index >= 15 is 0 Å². The van der Waals surface area contributed by atoms with Gasteiger partial charge in [0.15, 0.2) is 16.8 Å². The molecule has 5 rings (SSSR count). The van der Waals surface area contributed by atoms with Gasteiger partial charge in [-0.3, -0.25) is 4.79 Å². The van der Waals surface area contributed by atoms with Crippen LogP contribution in [-0.4, -0.2) is 126 Å². The smallest absolute Gasteiger partial charge is 0.229 e. The Bertz CT molecular complexity index is 1490. The lowest BCUT2D eigenvalue weighted by Gasteiger charge is -2.23. The molecule has 0 bridgehead atoms. The van der Waals surface area contributed by atoms with Crippen molar-refractivity contribution < 1.29 is 74.4 Å². The van der Waals surface area contributed by atoms with Gasteiger partial charge in [-0.05, 0) is 24.3 Å². The van der Waals surface area contributed by atoms with Gasteiger partial charge in [-0.2, -0.15) is 0 Å². The number of benzene rings is 2. The highest BCUT2D eigenvalue weighted by Gasteiger charge is 2.49. The van der Waals surface area contributed by atoms with Gasteiger partial charge in [0.1, 0.15) is 71.5 Å². The highest BCUT2D eigenvalue weighted by Crippen LogP contribution is 2.44. The molecule has 234 valence electrons. The van der Waals surface area contributed by atoms with E-state index in [0.29, 0.717) is 5.56 Å². The van der Waals surface area contributed by atoms with Crippen molar-refractivity contribution in [2.24, 2.45) is 0 Å². The molecule has 2 fully saturated rings. The maximum atomic E-state index is 13.2. The van der Waals surface area contributed by atoms with Crippen LogP contribution in [0, 0.1) is 0 Å². The number of phenols is 2. The van der Waals surface area contributed by atoms with Gasteiger partial charge in [0.05, 0.1) is 13.2 Å². The Morgan fingerprint density at radius 2 is 1.30 bits per heavy atom. The molecule has 10 N–H and O–H groups in total. The average Bonchev–Trinajstić information content (AvgIpc) is 3.43. The monoisotopic (exact) mass is 610 g/mol. The first-order valence-corrected chi connectivity index (χ1v) is 13.0. The van der Waals surface area contributed by atoms with Crippen LogP contribution in [-0.2, 0) is 9.47 Å². The number of aromatic hydroxyl groups is 2. The maximum Gasteiger partial charge on any atom is 0.229 e. The zero-order valence-electron chi connectivity index (χ0n) is 22.1. The number of ether oxygens (including phenoxy) is 4. The minimum atomic E-state index is -1.82. The predicted octanol–water partition coefficient (Wildman–Crippen LogP) is -2.77. The summed E-state index contributed by atoms with van der Waals surface area (Å²) in [5.74, 6) is -1.86. The van der Waals surface area contributed by atoms with Crippen LogP contribution < -0.4 is 14.9 Å². The number of rotatable bonds is 9. The number of aliphatic hydroxyl groups is 8. The van der Waals surface area contributed by atoms with Crippen LogP contribution in [0.2, 0.25) is 0 Å². The average molecular weight is 611 g/mol. The zero-order valence-corrected chi connectivity index (χ0v) is 22.1. The summed E-state index contributed by atoms with van der Waals surface area (Å²) in [7, 11) is 0. The third-order valence-corrected chi connectivity index (χ3v) is 7.18. The van der Waals surface area contributed by atoms with Crippen LogP contribution in [0.5, 0.6) is 23.0 Å². The van der Waals surface area contributed by atoms with Gasteiger partial charge in [0.25, 0.3) is 0 Å². The molecule has 0 radical (unpaired) electrons. The van der Waals surface area contributed by atoms with E-state index in [-0.39, 0.29) is 11.5 Å². The lowest BCUT2D eigenvalue weighted by atomic mass is 10.1. The Morgan fingerprint density at radius 1 is 0.767 bits per heavy atom. The minimum absolute atomic E-state index is 0.0703. The fourth-order valence-electron chi connectivity index (χ4n) is 4.86. The first-order valence-electron chi connectivity index (χ1n) is 13.0. The number of hydrogen-bond donors (Lipinski definition) is 10. The second kappa shape index (κ2) is 12.2. The summed E-state index contributed by atoms with van der Waals surface area (Å²) in [4.78, 5) is 13.2. The predicted molar refractivity (Wildman–Crippen MR) is 140 cm³/mol. The summed E-state index contributed by atoms with van der Waals surface area (Å²) in [5.41, 5.74) is -0.925. The number of fused-ring (bicyclic) bond motifs is 1. The van der Waals surface area contributed by atoms with Gasteiger partial charge in [-0.15, -0.1) is 0 Å². The highest BCUT2D eigenvalue weighted by molar-refractivity contribution is 5.91. The summed E-state index contributed by atoms with van der Waals surface area (Å²) < 4.78 is 28.2. The fraction of sp³-hybridized carbons (Fsp3) is 0.444. The summed E-state index contributed by atoms with van der Waals surface area (Å²) in [6.07, 6.45) is -16.8. The van der Waals surface area contributed by atoms with Crippen molar-refractivity contribution in [3.05, 3.63) is 46.6 Å². The van der Waals surface area contributed by atoms with E-state index in [1.54, 1.807) is 0 Å². The van der Waals surface area contributed by atoms with E-state index in [0.717, 1.165) is 12.1 Å². The Kier molecular flexibility index (Phi) is 8.77. The summed E-state index contributed by atoms with van der Waals surface area (Å²) in [6, 6.07) is 7.44. The Morgan fingerprint density at radius 3 is 1.84 bits per heavy atom. The van der Waals surface area contributed by atoms with Crippen LogP contribution in [0.3, 0.4) is 0 Å². The van der Waals surface area contributed by atoms with Crippen molar-refractivity contribution in [3.8, 4) is 34.3 Å². The van der Waals surface area contributed by atoms with Gasteiger partial charge < -0.3 is 74.4 Å². The van der Waals surface area contributed by atoms with Gasteiger partial charge in [0.2, 0.25) is 18.3 Å². The standard InChI is InChI=1S/C27H30O16/c28-7-13(33)22-18(35)20(37)26(41-22)40-16-6-12(32)17-11(31)5-15(9-1-3-10(30)4-2-9)39-25(17)24(16)43-27-21(38)19(36)23(42-27)14(34)8-29/h1-6,13-14,18-23,26-30,32-38H,7-8H2. The first-order chi connectivity index (χ1) is 20.4. The topological polar surface area (TPSA) is 269 Å². The molecular weight excluding hydrogens is 580 g/mol. The maximum absolute atomic E-state index is 13.2. The number of aliphatic hydroxyl groups excluding tert-OH is 8.